The van der Waals surface area contributed by atoms with E-state index in [1.807, 2.05) is 6.92 Å². The van der Waals surface area contributed by atoms with Gasteiger partial charge in [0.25, 0.3) is 0 Å². The number of carbonyl (C=O) groups excluding carboxylic acids is 1. The van der Waals surface area contributed by atoms with Crippen LogP contribution in [0.15, 0.2) is 18.2 Å². The average Bonchev–Trinajstić information content (AvgIpc) is 2.46. The van der Waals surface area contributed by atoms with Crippen molar-refractivity contribution in [2.24, 2.45) is 5.92 Å². The number of aryl methyl sites for hydroxylation is 1. The van der Waals surface area contributed by atoms with E-state index in [0.29, 0.717) is 24.3 Å². The summed E-state index contributed by atoms with van der Waals surface area (Å²) in [6.07, 6.45) is 2.98. The highest BCUT2D eigenvalue weighted by Gasteiger charge is 2.48. The number of carbonyl (C=O) groups is 1. The van der Waals surface area contributed by atoms with E-state index in [9.17, 15) is 26.4 Å². The van der Waals surface area contributed by atoms with Crippen molar-refractivity contribution in [1.29, 1.82) is 0 Å². The maximum absolute atomic E-state index is 12.4. The van der Waals surface area contributed by atoms with Gasteiger partial charge in [0.15, 0.2) is 0 Å². The minimum absolute atomic E-state index is 0.214. The van der Waals surface area contributed by atoms with Crippen LogP contribution in [0.25, 0.3) is 0 Å². The molecule has 2 rings (SSSR count). The highest BCUT2D eigenvalue weighted by atomic mass is 32.2. The van der Waals surface area contributed by atoms with Crippen LogP contribution in [0.3, 0.4) is 0 Å². The Labute approximate surface area is 137 Å². The first-order chi connectivity index (χ1) is 11.1. The summed E-state index contributed by atoms with van der Waals surface area (Å²) in [6, 6.07) is 3.45. The van der Waals surface area contributed by atoms with E-state index < -0.39 is 27.3 Å². The second-order valence-corrected chi connectivity index (χ2v) is 7.30. The monoisotopic (exact) mass is 366 g/mol. The molecule has 5 nitrogen and oxygen atoms in total. The van der Waals surface area contributed by atoms with Crippen molar-refractivity contribution in [2.45, 2.75) is 44.5 Å². The molecule has 1 unspecified atom stereocenters. The second kappa shape index (κ2) is 7.00. The third-order valence-corrected chi connectivity index (χ3v) is 4.71. The smallest absolute Gasteiger partial charge is 0.426 e. The number of alkyl halides is 3. The Kier molecular flexibility index (Phi) is 5.42. The van der Waals surface area contributed by atoms with Crippen molar-refractivity contribution in [3.8, 4) is 11.5 Å². The van der Waals surface area contributed by atoms with Crippen molar-refractivity contribution in [3.63, 3.8) is 0 Å². The molecule has 0 saturated heterocycles. The number of benzene rings is 1. The molecule has 1 heterocycles. The average molecular weight is 366 g/mol. The van der Waals surface area contributed by atoms with E-state index in [4.69, 9.17) is 4.74 Å². The summed E-state index contributed by atoms with van der Waals surface area (Å²) in [5.41, 5.74) is -5.07. The van der Waals surface area contributed by atoms with Crippen LogP contribution < -0.4 is 8.92 Å². The van der Waals surface area contributed by atoms with E-state index in [1.54, 1.807) is 0 Å². The third kappa shape index (κ3) is 4.62. The number of hydrogen-bond acceptors (Lipinski definition) is 5. The molecule has 0 saturated carbocycles. The zero-order valence-electron chi connectivity index (χ0n) is 12.9. The minimum Gasteiger partial charge on any atom is -0.426 e. The zero-order chi connectivity index (χ0) is 18.0. The SMILES string of the molecule is CC1CCCc2cc(OS(=O)(=O)C(F)(F)F)ccc2OC(=O)CC1. The molecule has 9 heteroatoms. The Morgan fingerprint density at radius 3 is 2.58 bits per heavy atom. The van der Waals surface area contributed by atoms with E-state index in [0.717, 1.165) is 25.0 Å². The molecule has 24 heavy (non-hydrogen) atoms. The Hall–Kier alpha value is -1.77. The molecule has 0 amide bonds. The van der Waals surface area contributed by atoms with Gasteiger partial charge in [0, 0.05) is 6.42 Å². The molecular formula is C15H17F3O5S. The molecule has 1 aromatic carbocycles. The highest BCUT2D eigenvalue weighted by Crippen LogP contribution is 2.32. The molecule has 0 spiro atoms. The van der Waals surface area contributed by atoms with Crippen molar-refractivity contribution >= 4 is 16.1 Å². The topological polar surface area (TPSA) is 69.7 Å². The quantitative estimate of drug-likeness (QED) is 0.346. The van der Waals surface area contributed by atoms with Crippen LogP contribution in [0.4, 0.5) is 13.2 Å². The Balaban J connectivity index is 2.27. The van der Waals surface area contributed by atoms with Crippen molar-refractivity contribution in [3.05, 3.63) is 23.8 Å². The van der Waals surface area contributed by atoms with Gasteiger partial charge >= 0.3 is 21.6 Å². The summed E-state index contributed by atoms with van der Waals surface area (Å²) in [5.74, 6) is -0.357. The molecule has 134 valence electrons. The third-order valence-electron chi connectivity index (χ3n) is 3.73. The maximum Gasteiger partial charge on any atom is 0.534 e. The molecule has 0 aliphatic carbocycles. The Bertz CT molecular complexity index is 712. The van der Waals surface area contributed by atoms with Gasteiger partial charge in [-0.3, -0.25) is 4.79 Å². The fourth-order valence-electron chi connectivity index (χ4n) is 2.40. The van der Waals surface area contributed by atoms with Gasteiger partial charge in [-0.15, -0.1) is 0 Å². The normalized spacial score (nSPS) is 20.0. The fourth-order valence-corrected chi connectivity index (χ4v) is 2.85. The lowest BCUT2D eigenvalue weighted by Crippen LogP contribution is -2.28. The largest absolute Gasteiger partial charge is 0.534 e. The number of ether oxygens (including phenoxy) is 1. The van der Waals surface area contributed by atoms with Crippen LogP contribution >= 0.6 is 0 Å². The van der Waals surface area contributed by atoms with Crippen LogP contribution in [-0.4, -0.2) is 19.9 Å². The number of hydrogen-bond donors (Lipinski definition) is 0. The van der Waals surface area contributed by atoms with Gasteiger partial charge in [0.1, 0.15) is 11.5 Å². The lowest BCUT2D eigenvalue weighted by molar-refractivity contribution is -0.134. The predicted octanol–water partition coefficient (Wildman–Crippen LogP) is 3.57. The standard InChI is InChI=1S/C15H17F3O5S/c1-10-3-2-4-11-9-12(23-24(20,21)15(16,17)18)6-7-13(11)22-14(19)8-5-10/h6-7,9-10H,2-5,8H2,1H3. The van der Waals surface area contributed by atoms with Gasteiger partial charge in [-0.25, -0.2) is 0 Å². The van der Waals surface area contributed by atoms with Gasteiger partial charge < -0.3 is 8.92 Å². The summed E-state index contributed by atoms with van der Waals surface area (Å²) in [4.78, 5) is 11.8. The first kappa shape index (κ1) is 18.6. The molecular weight excluding hydrogens is 349 g/mol. The molecule has 0 N–H and O–H groups in total. The summed E-state index contributed by atoms with van der Waals surface area (Å²) in [7, 11) is -5.73. The summed E-state index contributed by atoms with van der Waals surface area (Å²) in [6.45, 7) is 2.01. The number of rotatable bonds is 2. The van der Waals surface area contributed by atoms with Crippen LogP contribution in [0.1, 0.15) is 38.2 Å². The van der Waals surface area contributed by atoms with Crippen LogP contribution in [-0.2, 0) is 21.3 Å². The highest BCUT2D eigenvalue weighted by molar-refractivity contribution is 7.88. The summed E-state index contributed by atoms with van der Waals surface area (Å²) < 4.78 is 68.6. The Morgan fingerprint density at radius 2 is 1.92 bits per heavy atom. The molecule has 1 aliphatic heterocycles. The molecule has 0 fully saturated rings. The summed E-state index contributed by atoms with van der Waals surface area (Å²) >= 11 is 0. The Morgan fingerprint density at radius 1 is 1.21 bits per heavy atom. The molecule has 0 aromatic heterocycles. The molecule has 1 aromatic rings. The summed E-state index contributed by atoms with van der Waals surface area (Å²) in [5, 5.41) is 0. The van der Waals surface area contributed by atoms with E-state index in [1.165, 1.54) is 6.07 Å². The number of fused-ring (bicyclic) bond motifs is 1. The van der Waals surface area contributed by atoms with Gasteiger partial charge in [-0.2, -0.15) is 21.6 Å². The minimum atomic E-state index is -5.73. The van der Waals surface area contributed by atoms with Crippen molar-refractivity contribution < 1.29 is 35.3 Å². The van der Waals surface area contributed by atoms with Gasteiger partial charge in [0.05, 0.1) is 0 Å². The zero-order valence-corrected chi connectivity index (χ0v) is 13.7. The molecule has 1 atom stereocenters. The molecule has 0 radical (unpaired) electrons. The second-order valence-electron chi connectivity index (χ2n) is 5.76. The van der Waals surface area contributed by atoms with Crippen molar-refractivity contribution in [1.82, 2.24) is 0 Å². The van der Waals surface area contributed by atoms with Crippen LogP contribution in [0, 0.1) is 5.92 Å². The van der Waals surface area contributed by atoms with Gasteiger partial charge in [-0.1, -0.05) is 13.3 Å². The molecule has 0 bridgehead atoms. The van der Waals surface area contributed by atoms with E-state index in [2.05, 4.69) is 4.18 Å². The lowest BCUT2D eigenvalue weighted by atomic mass is 9.96. The van der Waals surface area contributed by atoms with E-state index in [-0.39, 0.29) is 12.2 Å². The maximum atomic E-state index is 12.4. The first-order valence-corrected chi connectivity index (χ1v) is 8.83. The van der Waals surface area contributed by atoms with Crippen LogP contribution in [0.5, 0.6) is 11.5 Å². The van der Waals surface area contributed by atoms with Gasteiger partial charge in [0.2, 0.25) is 0 Å². The first-order valence-electron chi connectivity index (χ1n) is 7.43. The lowest BCUT2D eigenvalue weighted by Gasteiger charge is -2.17. The number of esters is 1. The van der Waals surface area contributed by atoms with E-state index >= 15 is 0 Å². The predicted molar refractivity (Wildman–Crippen MR) is 79.0 cm³/mol. The molecule has 1 aliphatic rings. The fraction of sp³-hybridized carbons (Fsp3) is 0.533. The van der Waals surface area contributed by atoms with Crippen LogP contribution in [0.2, 0.25) is 0 Å². The van der Waals surface area contributed by atoms with Gasteiger partial charge in [-0.05, 0) is 48.9 Å². The van der Waals surface area contributed by atoms with Crippen molar-refractivity contribution in [2.75, 3.05) is 0 Å². The number of halogens is 3.